The molecule has 31 heavy (non-hydrogen) atoms. The van der Waals surface area contributed by atoms with Crippen LogP contribution in [0.2, 0.25) is 0 Å². The fraction of sp³-hybridized carbons (Fsp3) is 0.333. The summed E-state index contributed by atoms with van der Waals surface area (Å²) in [5.41, 5.74) is 4.37. The summed E-state index contributed by atoms with van der Waals surface area (Å²) in [5, 5.41) is 23.2. The topological polar surface area (TPSA) is 89.5 Å². The lowest BCUT2D eigenvalue weighted by Crippen LogP contribution is -2.46. The van der Waals surface area contributed by atoms with E-state index in [0.29, 0.717) is 5.92 Å². The maximum absolute atomic E-state index is 11.7. The number of anilines is 1. The zero-order valence-electron chi connectivity index (χ0n) is 16.8. The Bertz CT molecular complexity index is 1170. The summed E-state index contributed by atoms with van der Waals surface area (Å²) in [7, 11) is 0. The molecular formula is C24H21N3O4. The monoisotopic (exact) mass is 415 g/mol. The number of hydrogen-bond acceptors (Lipinski definition) is 5. The van der Waals surface area contributed by atoms with Crippen LogP contribution < -0.4 is 4.90 Å². The Hall–Kier alpha value is -3.48. The molecule has 0 fully saturated rings. The highest BCUT2D eigenvalue weighted by atomic mass is 16.6. The van der Waals surface area contributed by atoms with Crippen molar-refractivity contribution in [2.75, 3.05) is 11.4 Å². The van der Waals surface area contributed by atoms with Gasteiger partial charge in [0, 0.05) is 48.3 Å². The molecule has 2 heterocycles. The zero-order chi connectivity index (χ0) is 21.3. The Balaban J connectivity index is 1.58. The van der Waals surface area contributed by atoms with Crippen molar-refractivity contribution in [1.29, 1.82) is 0 Å². The standard InChI is InChI=1S/C24H21N3O4/c28-26(29)16-6-1-4-14(10-16)23-20-9-3-8-19(20)22-12-17(27(30)31)11-21-18-7-2-5-15(18)13-25(23)24(21)22/h1-4,6-8,10-12,15,18-20,23H,5,9,13H2/t15-,18-,19-,20+,23+/m0/s1. The van der Waals surface area contributed by atoms with Gasteiger partial charge in [-0.15, -0.1) is 0 Å². The second-order valence-corrected chi connectivity index (χ2v) is 8.98. The molecule has 156 valence electrons. The largest absolute Gasteiger partial charge is 0.363 e. The van der Waals surface area contributed by atoms with E-state index in [2.05, 4.69) is 29.2 Å². The van der Waals surface area contributed by atoms with Crippen LogP contribution in [0.15, 0.2) is 60.7 Å². The minimum absolute atomic E-state index is 0.00848. The molecule has 7 heteroatoms. The van der Waals surface area contributed by atoms with Crippen molar-refractivity contribution in [2.24, 2.45) is 11.8 Å². The lowest BCUT2D eigenvalue weighted by Gasteiger charge is -2.51. The first kappa shape index (κ1) is 18.3. The van der Waals surface area contributed by atoms with E-state index in [1.165, 1.54) is 6.07 Å². The average molecular weight is 415 g/mol. The number of fused-ring (bicyclic) bond motifs is 4. The molecule has 0 aromatic heterocycles. The van der Waals surface area contributed by atoms with Gasteiger partial charge >= 0.3 is 0 Å². The van der Waals surface area contributed by atoms with E-state index >= 15 is 0 Å². The first-order valence-corrected chi connectivity index (χ1v) is 10.7. The van der Waals surface area contributed by atoms with Gasteiger partial charge < -0.3 is 4.90 Å². The van der Waals surface area contributed by atoms with Crippen molar-refractivity contribution >= 4 is 17.1 Å². The van der Waals surface area contributed by atoms with E-state index < -0.39 is 0 Å². The van der Waals surface area contributed by atoms with E-state index in [-0.39, 0.29) is 45.0 Å². The van der Waals surface area contributed by atoms with Crippen LogP contribution in [0.3, 0.4) is 0 Å². The van der Waals surface area contributed by atoms with E-state index in [4.69, 9.17) is 0 Å². The van der Waals surface area contributed by atoms with Crippen LogP contribution in [-0.4, -0.2) is 16.4 Å². The van der Waals surface area contributed by atoms with Gasteiger partial charge in [-0.05, 0) is 41.4 Å². The number of nitro groups is 2. The normalized spacial score (nSPS) is 29.4. The Kier molecular flexibility index (Phi) is 3.84. The second kappa shape index (κ2) is 6.51. The van der Waals surface area contributed by atoms with E-state index in [9.17, 15) is 20.2 Å². The molecule has 0 amide bonds. The molecule has 2 aliphatic heterocycles. The van der Waals surface area contributed by atoms with Gasteiger partial charge in [0.05, 0.1) is 15.9 Å². The Morgan fingerprint density at radius 3 is 2.35 bits per heavy atom. The summed E-state index contributed by atoms with van der Waals surface area (Å²) in [6, 6.07) is 10.5. The minimum atomic E-state index is -0.341. The lowest BCUT2D eigenvalue weighted by atomic mass is 9.70. The smallest absolute Gasteiger partial charge is 0.270 e. The number of hydrogen-bond donors (Lipinski definition) is 0. The molecule has 6 rings (SSSR count). The number of allylic oxidation sites excluding steroid dienone is 4. The number of benzene rings is 2. The van der Waals surface area contributed by atoms with Crippen LogP contribution >= 0.6 is 0 Å². The van der Waals surface area contributed by atoms with Gasteiger partial charge in [0.25, 0.3) is 11.4 Å². The first-order valence-electron chi connectivity index (χ1n) is 10.7. The average Bonchev–Trinajstić information content (AvgIpc) is 3.43. The van der Waals surface area contributed by atoms with Crippen molar-refractivity contribution in [3.63, 3.8) is 0 Å². The first-order chi connectivity index (χ1) is 15.0. The number of nitro benzene ring substituents is 2. The summed E-state index contributed by atoms with van der Waals surface area (Å²) in [6.45, 7) is 0.853. The predicted octanol–water partition coefficient (Wildman–Crippen LogP) is 5.40. The maximum Gasteiger partial charge on any atom is 0.270 e. The molecule has 5 atom stereocenters. The van der Waals surface area contributed by atoms with Gasteiger partial charge in [-0.25, -0.2) is 0 Å². The van der Waals surface area contributed by atoms with Crippen LogP contribution in [0.4, 0.5) is 17.1 Å². The molecule has 0 unspecified atom stereocenters. The Labute approximate surface area is 179 Å². The van der Waals surface area contributed by atoms with Crippen LogP contribution in [-0.2, 0) is 0 Å². The molecular weight excluding hydrogens is 394 g/mol. The van der Waals surface area contributed by atoms with Gasteiger partial charge in [-0.2, -0.15) is 0 Å². The molecule has 0 spiro atoms. The van der Waals surface area contributed by atoms with Crippen molar-refractivity contribution < 1.29 is 9.85 Å². The lowest BCUT2D eigenvalue weighted by molar-refractivity contribution is -0.385. The Morgan fingerprint density at radius 1 is 0.871 bits per heavy atom. The second-order valence-electron chi connectivity index (χ2n) is 8.98. The summed E-state index contributed by atoms with van der Waals surface area (Å²) in [4.78, 5) is 24.9. The highest BCUT2D eigenvalue weighted by Gasteiger charge is 2.48. The fourth-order valence-electron chi connectivity index (χ4n) is 6.27. The zero-order valence-corrected chi connectivity index (χ0v) is 16.8. The molecule has 4 aliphatic rings. The third-order valence-electron chi connectivity index (χ3n) is 7.47. The van der Waals surface area contributed by atoms with Crippen LogP contribution in [0, 0.1) is 32.1 Å². The van der Waals surface area contributed by atoms with Crippen LogP contribution in [0.5, 0.6) is 0 Å². The number of non-ortho nitro benzene ring substituents is 2. The molecule has 0 radical (unpaired) electrons. The SMILES string of the molecule is O=[N+]([O-])c1cccc([C@@H]2[C@@H]3CC=C[C@@H]3c3cc([N+](=O)[O-])cc4c3N2C[C@@H]2CC=C[C@H]42)c1. The van der Waals surface area contributed by atoms with Gasteiger partial charge in [0.1, 0.15) is 0 Å². The fourth-order valence-corrected chi connectivity index (χ4v) is 6.27. The van der Waals surface area contributed by atoms with Gasteiger partial charge in [0.2, 0.25) is 0 Å². The van der Waals surface area contributed by atoms with Gasteiger partial charge in [-0.1, -0.05) is 36.4 Å². The Morgan fingerprint density at radius 2 is 1.58 bits per heavy atom. The molecule has 0 N–H and O–H groups in total. The summed E-state index contributed by atoms with van der Waals surface area (Å²) in [5.74, 6) is 0.846. The number of nitrogens with zero attached hydrogens (tertiary/aromatic N) is 3. The highest BCUT2D eigenvalue weighted by Crippen LogP contribution is 2.59. The van der Waals surface area contributed by atoms with E-state index in [1.807, 2.05) is 6.07 Å². The minimum Gasteiger partial charge on any atom is -0.363 e. The molecule has 2 aromatic carbocycles. The molecule has 2 aromatic rings. The highest BCUT2D eigenvalue weighted by molar-refractivity contribution is 5.72. The van der Waals surface area contributed by atoms with Crippen LogP contribution in [0.25, 0.3) is 0 Å². The molecule has 2 aliphatic carbocycles. The van der Waals surface area contributed by atoms with Crippen molar-refractivity contribution in [1.82, 2.24) is 0 Å². The van der Waals surface area contributed by atoms with Crippen molar-refractivity contribution in [3.05, 3.63) is 97.6 Å². The molecule has 0 saturated carbocycles. The summed E-state index contributed by atoms with van der Waals surface area (Å²) in [6.07, 6.45) is 10.5. The third kappa shape index (κ3) is 2.59. The van der Waals surface area contributed by atoms with E-state index in [0.717, 1.165) is 41.8 Å². The molecule has 7 nitrogen and oxygen atoms in total. The number of rotatable bonds is 3. The van der Waals surface area contributed by atoms with Crippen LogP contribution in [0.1, 0.15) is 47.4 Å². The van der Waals surface area contributed by atoms with Gasteiger partial charge in [-0.3, -0.25) is 20.2 Å². The molecule has 0 bridgehead atoms. The van der Waals surface area contributed by atoms with Crippen molar-refractivity contribution in [3.8, 4) is 0 Å². The predicted molar refractivity (Wildman–Crippen MR) is 116 cm³/mol. The molecule has 0 saturated heterocycles. The van der Waals surface area contributed by atoms with Gasteiger partial charge in [0.15, 0.2) is 0 Å². The summed E-state index contributed by atoms with van der Waals surface area (Å²) >= 11 is 0. The van der Waals surface area contributed by atoms with E-state index in [1.54, 1.807) is 24.3 Å². The third-order valence-corrected chi connectivity index (χ3v) is 7.47. The quantitative estimate of drug-likeness (QED) is 0.380. The summed E-state index contributed by atoms with van der Waals surface area (Å²) < 4.78 is 0. The van der Waals surface area contributed by atoms with Crippen molar-refractivity contribution in [2.45, 2.75) is 30.7 Å². The maximum atomic E-state index is 11.7.